The summed E-state index contributed by atoms with van der Waals surface area (Å²) in [4.78, 5) is 18.3. The quantitative estimate of drug-likeness (QED) is 0.457. The first-order valence-electron chi connectivity index (χ1n) is 13.6. The van der Waals surface area contributed by atoms with Crippen molar-refractivity contribution in [3.8, 4) is 5.75 Å². The number of methoxy groups -OCH3 is 1. The van der Waals surface area contributed by atoms with E-state index in [0.717, 1.165) is 62.9 Å². The van der Waals surface area contributed by atoms with Gasteiger partial charge in [0.1, 0.15) is 11.4 Å². The van der Waals surface area contributed by atoms with Crippen LogP contribution in [0.25, 0.3) is 0 Å². The van der Waals surface area contributed by atoms with Crippen molar-refractivity contribution in [2.45, 2.75) is 63.1 Å². The van der Waals surface area contributed by atoms with Gasteiger partial charge in [0.15, 0.2) is 0 Å². The zero-order chi connectivity index (χ0) is 25.8. The lowest BCUT2D eigenvalue weighted by molar-refractivity contribution is -0.0850. The molecule has 194 valence electrons. The van der Waals surface area contributed by atoms with Gasteiger partial charge < -0.3 is 14.7 Å². The second kappa shape index (κ2) is 11.1. The average molecular weight is 499 g/mol. The van der Waals surface area contributed by atoms with E-state index in [1.54, 1.807) is 7.11 Å². The Bertz CT molecular complexity index is 1190. The van der Waals surface area contributed by atoms with Gasteiger partial charge in [-0.15, -0.1) is 0 Å². The molecule has 1 amide bonds. The fraction of sp³-hybridized carbons (Fsp3) is 0.406. The highest BCUT2D eigenvalue weighted by Gasteiger charge is 2.44. The Hall–Kier alpha value is -3.15. The molecule has 1 saturated heterocycles. The lowest BCUT2D eigenvalue weighted by Crippen LogP contribution is -2.57. The molecule has 1 N–H and O–H groups in total. The molecule has 1 saturated carbocycles. The number of likely N-dealkylation sites (tertiary alicyclic amines) is 1. The molecule has 0 aromatic heterocycles. The number of hydrogen-bond donors (Lipinski definition) is 1. The van der Waals surface area contributed by atoms with Gasteiger partial charge in [-0.25, -0.2) is 0 Å². The number of aryl methyl sites for hydroxylation is 1. The SMILES string of the molecule is COc1cccc(C(=O)N(c2ccc(C)cc2)C2CCN(C3CCCCC3(O)c3ccccc3)CC2)c1. The highest BCUT2D eigenvalue weighted by molar-refractivity contribution is 6.06. The van der Waals surface area contributed by atoms with Gasteiger partial charge in [0.2, 0.25) is 0 Å². The van der Waals surface area contributed by atoms with Crippen LogP contribution in [0.15, 0.2) is 78.9 Å². The zero-order valence-corrected chi connectivity index (χ0v) is 22.0. The van der Waals surface area contributed by atoms with Gasteiger partial charge in [0.05, 0.1) is 7.11 Å². The first-order chi connectivity index (χ1) is 18.0. The number of rotatable bonds is 6. The van der Waals surface area contributed by atoms with Crippen LogP contribution in [0.3, 0.4) is 0 Å². The van der Waals surface area contributed by atoms with Gasteiger partial charge in [0.25, 0.3) is 5.91 Å². The molecule has 2 atom stereocenters. The van der Waals surface area contributed by atoms with Crippen molar-refractivity contribution in [3.63, 3.8) is 0 Å². The highest BCUT2D eigenvalue weighted by atomic mass is 16.5. The van der Waals surface area contributed by atoms with Crippen LogP contribution < -0.4 is 9.64 Å². The summed E-state index contributed by atoms with van der Waals surface area (Å²) in [7, 11) is 1.62. The van der Waals surface area contributed by atoms with E-state index in [1.807, 2.05) is 47.4 Å². The minimum atomic E-state index is -0.820. The largest absolute Gasteiger partial charge is 0.497 e. The van der Waals surface area contributed by atoms with Crippen LogP contribution in [-0.4, -0.2) is 48.2 Å². The van der Waals surface area contributed by atoms with Gasteiger partial charge in [-0.05, 0) is 68.5 Å². The van der Waals surface area contributed by atoms with Gasteiger partial charge >= 0.3 is 0 Å². The van der Waals surface area contributed by atoms with Crippen LogP contribution >= 0.6 is 0 Å². The van der Waals surface area contributed by atoms with Crippen LogP contribution in [0, 0.1) is 6.92 Å². The molecule has 37 heavy (non-hydrogen) atoms. The molecule has 2 aliphatic rings. The summed E-state index contributed by atoms with van der Waals surface area (Å²) in [5.41, 5.74) is 2.93. The van der Waals surface area contributed by atoms with E-state index in [2.05, 4.69) is 48.2 Å². The maximum absolute atomic E-state index is 13.9. The molecule has 3 aromatic carbocycles. The van der Waals surface area contributed by atoms with Crippen molar-refractivity contribution in [2.75, 3.05) is 25.1 Å². The van der Waals surface area contributed by atoms with E-state index in [0.29, 0.717) is 11.3 Å². The summed E-state index contributed by atoms with van der Waals surface area (Å²) in [6, 6.07) is 26.0. The van der Waals surface area contributed by atoms with Crippen LogP contribution in [0.5, 0.6) is 5.75 Å². The number of piperidine rings is 1. The van der Waals surface area contributed by atoms with Crippen molar-refractivity contribution in [1.82, 2.24) is 4.90 Å². The van der Waals surface area contributed by atoms with E-state index >= 15 is 0 Å². The summed E-state index contributed by atoms with van der Waals surface area (Å²) in [5, 5.41) is 11.9. The number of carbonyl (C=O) groups excluding carboxylic acids is 1. The number of ether oxygens (including phenoxy) is 1. The van der Waals surface area contributed by atoms with E-state index in [-0.39, 0.29) is 18.0 Å². The van der Waals surface area contributed by atoms with E-state index in [1.165, 1.54) is 5.56 Å². The van der Waals surface area contributed by atoms with Crippen LogP contribution in [0.4, 0.5) is 5.69 Å². The first-order valence-corrected chi connectivity index (χ1v) is 13.6. The summed E-state index contributed by atoms with van der Waals surface area (Å²) in [6.45, 7) is 3.78. The van der Waals surface area contributed by atoms with Crippen molar-refractivity contribution in [1.29, 1.82) is 0 Å². The standard InChI is InChI=1S/C32H38N2O3/c1-24-14-16-27(17-15-24)34(31(35)25-9-8-12-29(23-25)37-2)28-18-21-33(22-19-28)30-13-6-7-20-32(30,36)26-10-4-3-5-11-26/h3-5,8-12,14-17,23,28,30,36H,6-7,13,18-22H2,1-2H3. The molecule has 0 bridgehead atoms. The molecule has 1 aliphatic heterocycles. The molecule has 5 rings (SSSR count). The topological polar surface area (TPSA) is 53.0 Å². The van der Waals surface area contributed by atoms with Crippen molar-refractivity contribution < 1.29 is 14.6 Å². The molecular weight excluding hydrogens is 460 g/mol. The molecule has 1 heterocycles. The molecule has 5 heteroatoms. The molecule has 5 nitrogen and oxygen atoms in total. The molecular formula is C32H38N2O3. The molecule has 2 fully saturated rings. The second-order valence-electron chi connectivity index (χ2n) is 10.6. The van der Waals surface area contributed by atoms with E-state index in [9.17, 15) is 9.90 Å². The summed E-state index contributed by atoms with van der Waals surface area (Å²) in [5.74, 6) is 0.682. The van der Waals surface area contributed by atoms with Crippen molar-refractivity contribution in [3.05, 3.63) is 95.6 Å². The summed E-state index contributed by atoms with van der Waals surface area (Å²) in [6.07, 6.45) is 5.72. The average Bonchev–Trinajstić information content (AvgIpc) is 2.95. The van der Waals surface area contributed by atoms with Crippen LogP contribution in [-0.2, 0) is 5.60 Å². The van der Waals surface area contributed by atoms with Crippen molar-refractivity contribution in [2.24, 2.45) is 0 Å². The third-order valence-electron chi connectivity index (χ3n) is 8.26. The maximum atomic E-state index is 13.9. The maximum Gasteiger partial charge on any atom is 0.258 e. The van der Waals surface area contributed by atoms with Crippen LogP contribution in [0.2, 0.25) is 0 Å². The molecule has 1 aliphatic carbocycles. The number of benzene rings is 3. The molecule has 3 aromatic rings. The third kappa shape index (κ3) is 5.29. The second-order valence-corrected chi connectivity index (χ2v) is 10.6. The predicted octanol–water partition coefficient (Wildman–Crippen LogP) is 5.95. The Kier molecular flexibility index (Phi) is 7.63. The number of carbonyl (C=O) groups is 1. The molecule has 2 unspecified atom stereocenters. The lowest BCUT2D eigenvalue weighted by atomic mass is 9.74. The summed E-state index contributed by atoms with van der Waals surface area (Å²) < 4.78 is 5.39. The zero-order valence-electron chi connectivity index (χ0n) is 22.0. The predicted molar refractivity (Wildman–Crippen MR) is 148 cm³/mol. The highest BCUT2D eigenvalue weighted by Crippen LogP contribution is 2.41. The Morgan fingerprint density at radius 1 is 0.946 bits per heavy atom. The Balaban J connectivity index is 1.38. The number of hydrogen-bond acceptors (Lipinski definition) is 4. The number of nitrogens with zero attached hydrogens (tertiary/aromatic N) is 2. The third-order valence-corrected chi connectivity index (χ3v) is 8.26. The minimum absolute atomic E-state index is 0.000315. The number of aliphatic hydroxyl groups is 1. The van der Waals surface area contributed by atoms with Gasteiger partial charge in [-0.1, -0.05) is 66.9 Å². The Labute approximate surface area is 220 Å². The number of anilines is 1. The normalized spacial score (nSPS) is 22.9. The van der Waals surface area contributed by atoms with Gasteiger partial charge in [0, 0.05) is 36.4 Å². The fourth-order valence-corrected chi connectivity index (χ4v) is 6.24. The smallest absolute Gasteiger partial charge is 0.258 e. The Morgan fingerprint density at radius 3 is 2.38 bits per heavy atom. The monoisotopic (exact) mass is 498 g/mol. The van der Waals surface area contributed by atoms with E-state index in [4.69, 9.17) is 4.74 Å². The number of amides is 1. The van der Waals surface area contributed by atoms with Crippen molar-refractivity contribution >= 4 is 11.6 Å². The fourth-order valence-electron chi connectivity index (χ4n) is 6.24. The van der Waals surface area contributed by atoms with E-state index < -0.39 is 5.60 Å². The first kappa shape index (κ1) is 25.5. The van der Waals surface area contributed by atoms with Gasteiger partial charge in [-0.2, -0.15) is 0 Å². The summed E-state index contributed by atoms with van der Waals surface area (Å²) >= 11 is 0. The molecule has 0 radical (unpaired) electrons. The molecule has 0 spiro atoms. The van der Waals surface area contributed by atoms with Crippen LogP contribution in [0.1, 0.15) is 60.0 Å². The Morgan fingerprint density at radius 2 is 1.68 bits per heavy atom. The minimum Gasteiger partial charge on any atom is -0.497 e. The van der Waals surface area contributed by atoms with Gasteiger partial charge in [-0.3, -0.25) is 9.69 Å². The lowest BCUT2D eigenvalue weighted by Gasteiger charge is -2.49.